The van der Waals surface area contributed by atoms with Crippen LogP contribution in [0.3, 0.4) is 0 Å². The quantitative estimate of drug-likeness (QED) is 0.666. The van der Waals surface area contributed by atoms with Crippen molar-refractivity contribution >= 4 is 11.8 Å². The second-order valence-corrected chi connectivity index (χ2v) is 5.14. The number of hydrazine groups is 1. The third kappa shape index (κ3) is 3.83. The summed E-state index contributed by atoms with van der Waals surface area (Å²) in [6, 6.07) is 13.4. The fraction of sp³-hybridized carbons (Fsp3) is 0.118. The molecule has 132 valence electrons. The Morgan fingerprint density at radius 3 is 2.46 bits per heavy atom. The normalized spacial score (nSPS) is 10.2. The Bertz CT molecular complexity index is 893. The molecule has 0 bridgehead atoms. The SMILES string of the molecule is CCOc1ccc(C(=O)NNC(=O)c2ccccc2-n2cnnn2)cc1. The second kappa shape index (κ2) is 7.88. The number of benzene rings is 2. The summed E-state index contributed by atoms with van der Waals surface area (Å²) in [6.45, 7) is 2.42. The number of carbonyl (C=O) groups is 2. The number of hydrogen-bond acceptors (Lipinski definition) is 6. The van der Waals surface area contributed by atoms with Gasteiger partial charge in [0.05, 0.1) is 17.9 Å². The molecule has 3 aromatic rings. The van der Waals surface area contributed by atoms with Gasteiger partial charge in [0.15, 0.2) is 0 Å². The monoisotopic (exact) mass is 352 g/mol. The zero-order chi connectivity index (χ0) is 18.4. The Hall–Kier alpha value is -3.75. The van der Waals surface area contributed by atoms with Crippen molar-refractivity contribution < 1.29 is 14.3 Å². The molecule has 0 atom stereocenters. The first kappa shape index (κ1) is 17.1. The largest absolute Gasteiger partial charge is 0.494 e. The minimum absolute atomic E-state index is 0.312. The van der Waals surface area contributed by atoms with E-state index in [1.54, 1.807) is 48.5 Å². The topological polar surface area (TPSA) is 111 Å². The third-order valence-electron chi connectivity index (χ3n) is 3.46. The third-order valence-corrected chi connectivity index (χ3v) is 3.46. The molecule has 0 aliphatic rings. The van der Waals surface area contributed by atoms with Crippen LogP contribution in [0.2, 0.25) is 0 Å². The van der Waals surface area contributed by atoms with Gasteiger partial charge >= 0.3 is 0 Å². The number of rotatable bonds is 5. The summed E-state index contributed by atoms with van der Waals surface area (Å²) in [5.41, 5.74) is 5.96. The van der Waals surface area contributed by atoms with Crippen LogP contribution in [-0.4, -0.2) is 38.6 Å². The first-order chi connectivity index (χ1) is 12.7. The Morgan fingerprint density at radius 2 is 1.77 bits per heavy atom. The van der Waals surface area contributed by atoms with Crippen LogP contribution in [0.25, 0.3) is 5.69 Å². The van der Waals surface area contributed by atoms with Gasteiger partial charge in [0.25, 0.3) is 11.8 Å². The highest BCUT2D eigenvalue weighted by atomic mass is 16.5. The van der Waals surface area contributed by atoms with Gasteiger partial charge in [-0.2, -0.15) is 4.68 Å². The molecule has 0 spiro atoms. The van der Waals surface area contributed by atoms with Crippen LogP contribution in [0, 0.1) is 0 Å². The van der Waals surface area contributed by atoms with Crippen molar-refractivity contribution in [2.75, 3.05) is 6.61 Å². The predicted molar refractivity (Wildman–Crippen MR) is 91.7 cm³/mol. The Balaban J connectivity index is 1.67. The molecular formula is C17H16N6O3. The first-order valence-corrected chi connectivity index (χ1v) is 7.85. The lowest BCUT2D eigenvalue weighted by Crippen LogP contribution is -2.42. The highest BCUT2D eigenvalue weighted by molar-refractivity contribution is 6.00. The molecule has 3 rings (SSSR count). The van der Waals surface area contributed by atoms with Gasteiger partial charge in [-0.05, 0) is 53.7 Å². The van der Waals surface area contributed by atoms with Crippen LogP contribution < -0.4 is 15.6 Å². The van der Waals surface area contributed by atoms with Crippen molar-refractivity contribution in [2.24, 2.45) is 0 Å². The van der Waals surface area contributed by atoms with E-state index in [1.807, 2.05) is 6.92 Å². The fourth-order valence-electron chi connectivity index (χ4n) is 2.26. The number of ether oxygens (including phenoxy) is 1. The van der Waals surface area contributed by atoms with Crippen molar-refractivity contribution in [3.05, 3.63) is 66.0 Å². The van der Waals surface area contributed by atoms with Gasteiger partial charge in [0, 0.05) is 5.56 Å². The van der Waals surface area contributed by atoms with E-state index in [-0.39, 0.29) is 0 Å². The van der Waals surface area contributed by atoms with Gasteiger partial charge in [-0.1, -0.05) is 12.1 Å². The number of tetrazole rings is 1. The van der Waals surface area contributed by atoms with Crippen molar-refractivity contribution in [2.45, 2.75) is 6.92 Å². The van der Waals surface area contributed by atoms with Crippen LogP contribution in [0.1, 0.15) is 27.6 Å². The van der Waals surface area contributed by atoms with Crippen LogP contribution >= 0.6 is 0 Å². The van der Waals surface area contributed by atoms with E-state index >= 15 is 0 Å². The number of hydrogen-bond donors (Lipinski definition) is 2. The summed E-state index contributed by atoms with van der Waals surface area (Å²) in [6.07, 6.45) is 1.38. The van der Waals surface area contributed by atoms with E-state index in [0.717, 1.165) is 0 Å². The minimum atomic E-state index is -0.490. The number of aromatic nitrogens is 4. The molecule has 1 aromatic heterocycles. The molecule has 0 unspecified atom stereocenters. The summed E-state index contributed by atoms with van der Waals surface area (Å²) < 4.78 is 6.69. The lowest BCUT2D eigenvalue weighted by molar-refractivity contribution is 0.0846. The lowest BCUT2D eigenvalue weighted by atomic mass is 10.1. The number of amides is 2. The standard InChI is InChI=1S/C17H16N6O3/c1-2-26-13-9-7-12(8-10-13)16(24)19-20-17(25)14-5-3-4-6-15(14)23-11-18-21-22-23/h3-11H,2H2,1H3,(H,19,24)(H,20,25). The van der Waals surface area contributed by atoms with Crippen LogP contribution in [0.4, 0.5) is 0 Å². The highest BCUT2D eigenvalue weighted by Crippen LogP contribution is 2.13. The zero-order valence-corrected chi connectivity index (χ0v) is 13.9. The lowest BCUT2D eigenvalue weighted by Gasteiger charge is -2.10. The number of para-hydroxylation sites is 1. The van der Waals surface area contributed by atoms with Crippen molar-refractivity contribution in [3.8, 4) is 11.4 Å². The maximum Gasteiger partial charge on any atom is 0.271 e. The van der Waals surface area contributed by atoms with E-state index in [9.17, 15) is 9.59 Å². The molecule has 0 aliphatic heterocycles. The molecule has 2 N–H and O–H groups in total. The number of carbonyl (C=O) groups excluding carboxylic acids is 2. The average Bonchev–Trinajstić information content (AvgIpc) is 3.21. The Morgan fingerprint density at radius 1 is 1.04 bits per heavy atom. The van der Waals surface area contributed by atoms with Gasteiger partial charge < -0.3 is 4.74 Å². The van der Waals surface area contributed by atoms with Gasteiger partial charge in [-0.3, -0.25) is 20.4 Å². The predicted octanol–water partition coefficient (Wildman–Crippen LogP) is 1.14. The van der Waals surface area contributed by atoms with Crippen LogP contribution in [-0.2, 0) is 0 Å². The van der Waals surface area contributed by atoms with E-state index in [0.29, 0.717) is 29.2 Å². The van der Waals surface area contributed by atoms with Crippen molar-refractivity contribution in [3.63, 3.8) is 0 Å². The Labute approximate surface area is 148 Å². The fourth-order valence-corrected chi connectivity index (χ4v) is 2.26. The van der Waals surface area contributed by atoms with Gasteiger partial charge in [-0.15, -0.1) is 5.10 Å². The molecule has 9 heteroatoms. The molecule has 0 fully saturated rings. The Kier molecular flexibility index (Phi) is 5.18. The number of nitrogens with one attached hydrogen (secondary N) is 2. The first-order valence-electron chi connectivity index (χ1n) is 7.85. The van der Waals surface area contributed by atoms with Gasteiger partial charge in [-0.25, -0.2) is 0 Å². The van der Waals surface area contributed by atoms with E-state index in [2.05, 4.69) is 26.4 Å². The molecule has 0 saturated carbocycles. The average molecular weight is 352 g/mol. The molecule has 9 nitrogen and oxygen atoms in total. The smallest absolute Gasteiger partial charge is 0.271 e. The maximum atomic E-state index is 12.4. The van der Waals surface area contributed by atoms with Crippen LogP contribution in [0.15, 0.2) is 54.9 Å². The molecule has 0 saturated heterocycles. The van der Waals surface area contributed by atoms with Crippen molar-refractivity contribution in [1.82, 2.24) is 31.1 Å². The van der Waals surface area contributed by atoms with E-state index in [1.165, 1.54) is 11.0 Å². The number of nitrogens with zero attached hydrogens (tertiary/aromatic N) is 4. The summed E-state index contributed by atoms with van der Waals surface area (Å²) in [5.74, 6) is -0.264. The molecule has 2 amide bonds. The van der Waals surface area contributed by atoms with Gasteiger partial charge in [0.1, 0.15) is 12.1 Å². The maximum absolute atomic E-state index is 12.4. The summed E-state index contributed by atoms with van der Waals surface area (Å²) >= 11 is 0. The van der Waals surface area contributed by atoms with E-state index < -0.39 is 11.8 Å². The zero-order valence-electron chi connectivity index (χ0n) is 13.9. The molecular weight excluding hydrogens is 336 g/mol. The second-order valence-electron chi connectivity index (χ2n) is 5.14. The molecule has 1 heterocycles. The molecule has 0 aliphatic carbocycles. The van der Waals surface area contributed by atoms with Crippen molar-refractivity contribution in [1.29, 1.82) is 0 Å². The molecule has 26 heavy (non-hydrogen) atoms. The summed E-state index contributed by atoms with van der Waals surface area (Å²) in [5, 5.41) is 10.9. The highest BCUT2D eigenvalue weighted by Gasteiger charge is 2.14. The minimum Gasteiger partial charge on any atom is -0.494 e. The molecule has 0 radical (unpaired) electrons. The summed E-state index contributed by atoms with van der Waals surface area (Å²) in [7, 11) is 0. The summed E-state index contributed by atoms with van der Waals surface area (Å²) in [4.78, 5) is 24.6. The molecule has 2 aromatic carbocycles. The van der Waals surface area contributed by atoms with Gasteiger partial charge in [0.2, 0.25) is 0 Å². The van der Waals surface area contributed by atoms with Crippen LogP contribution in [0.5, 0.6) is 5.75 Å². The van der Waals surface area contributed by atoms with E-state index in [4.69, 9.17) is 4.74 Å².